The van der Waals surface area contributed by atoms with E-state index in [1.807, 2.05) is 0 Å². The van der Waals surface area contributed by atoms with Crippen LogP contribution >= 0.6 is 39.1 Å². The quantitative estimate of drug-likeness (QED) is 0.464. The Morgan fingerprint density at radius 3 is 2.44 bits per heavy atom. The Morgan fingerprint density at radius 2 is 1.80 bits per heavy atom. The van der Waals surface area contributed by atoms with Crippen molar-refractivity contribution in [1.82, 2.24) is 0 Å². The number of carbonyl (C=O) groups excluding carboxylic acids is 2. The molecule has 0 heterocycles. The van der Waals surface area contributed by atoms with Crippen molar-refractivity contribution in [2.75, 3.05) is 13.2 Å². The van der Waals surface area contributed by atoms with Crippen LogP contribution in [-0.4, -0.2) is 25.2 Å². The van der Waals surface area contributed by atoms with Gasteiger partial charge in [-0.1, -0.05) is 23.2 Å². The zero-order valence-corrected chi connectivity index (χ0v) is 16.2. The molecule has 25 heavy (non-hydrogen) atoms. The summed E-state index contributed by atoms with van der Waals surface area (Å²) in [5.41, 5.74) is 0.345. The van der Waals surface area contributed by atoms with E-state index in [0.717, 1.165) is 0 Å². The highest BCUT2D eigenvalue weighted by molar-refractivity contribution is 9.10. The predicted molar refractivity (Wildman–Crippen MR) is 97.7 cm³/mol. The van der Waals surface area contributed by atoms with Crippen molar-refractivity contribution in [2.24, 2.45) is 0 Å². The van der Waals surface area contributed by atoms with Crippen LogP contribution in [0, 0.1) is 0 Å². The number of ether oxygens (including phenoxy) is 3. The summed E-state index contributed by atoms with van der Waals surface area (Å²) < 4.78 is 15.8. The van der Waals surface area contributed by atoms with Crippen LogP contribution in [0.15, 0.2) is 40.9 Å². The number of esters is 2. The van der Waals surface area contributed by atoms with E-state index < -0.39 is 11.9 Å². The molecule has 0 amide bonds. The normalized spacial score (nSPS) is 10.2. The molecule has 0 spiro atoms. The monoisotopic (exact) mass is 446 g/mol. The third-order valence-electron chi connectivity index (χ3n) is 2.91. The van der Waals surface area contributed by atoms with Gasteiger partial charge in [0.05, 0.1) is 21.7 Å². The van der Waals surface area contributed by atoms with E-state index in [-0.39, 0.29) is 19.0 Å². The van der Waals surface area contributed by atoms with Gasteiger partial charge in [0, 0.05) is 5.02 Å². The van der Waals surface area contributed by atoms with Gasteiger partial charge in [-0.25, -0.2) is 9.59 Å². The molecule has 0 N–H and O–H groups in total. The molecule has 0 aliphatic carbocycles. The number of benzene rings is 2. The lowest BCUT2D eigenvalue weighted by molar-refractivity contribution is -0.136. The predicted octanol–water partition coefficient (Wildman–Crippen LogP) is 4.92. The Balaban J connectivity index is 1.97. The van der Waals surface area contributed by atoms with Crippen LogP contribution in [0.4, 0.5) is 0 Å². The molecule has 0 saturated carbocycles. The molecule has 0 aromatic heterocycles. The van der Waals surface area contributed by atoms with E-state index in [9.17, 15) is 9.59 Å². The number of rotatable bonds is 6. The van der Waals surface area contributed by atoms with Crippen LogP contribution < -0.4 is 9.47 Å². The number of halogens is 3. The van der Waals surface area contributed by atoms with Crippen LogP contribution in [0.2, 0.25) is 10.0 Å². The molecule has 0 atom stereocenters. The van der Waals surface area contributed by atoms with Gasteiger partial charge in [-0.2, -0.15) is 0 Å². The van der Waals surface area contributed by atoms with Gasteiger partial charge in [0.15, 0.2) is 6.61 Å². The van der Waals surface area contributed by atoms with Crippen molar-refractivity contribution in [3.05, 3.63) is 56.5 Å². The van der Waals surface area contributed by atoms with Crippen molar-refractivity contribution in [3.8, 4) is 11.5 Å². The summed E-state index contributed by atoms with van der Waals surface area (Å²) in [6.45, 7) is 1.65. The highest BCUT2D eigenvalue weighted by atomic mass is 79.9. The van der Waals surface area contributed by atoms with Gasteiger partial charge in [0.25, 0.3) is 0 Å². The Morgan fingerprint density at radius 1 is 1.08 bits per heavy atom. The molecule has 2 aromatic rings. The molecule has 2 rings (SSSR count). The summed E-state index contributed by atoms with van der Waals surface area (Å²) in [6.07, 6.45) is 0. The van der Waals surface area contributed by atoms with Gasteiger partial charge in [-0.3, -0.25) is 0 Å². The second kappa shape index (κ2) is 9.08. The van der Waals surface area contributed by atoms with Gasteiger partial charge >= 0.3 is 11.9 Å². The number of hydrogen-bond donors (Lipinski definition) is 0. The number of carbonyl (C=O) groups is 2. The fraction of sp³-hybridized carbons (Fsp3) is 0.176. The molecule has 0 radical (unpaired) electrons. The lowest BCUT2D eigenvalue weighted by atomic mass is 10.2. The fourth-order valence-electron chi connectivity index (χ4n) is 1.81. The van der Waals surface area contributed by atoms with Crippen LogP contribution in [-0.2, 0) is 9.53 Å². The highest BCUT2D eigenvalue weighted by Gasteiger charge is 2.14. The third-order valence-corrected chi connectivity index (χ3v) is 4.06. The summed E-state index contributed by atoms with van der Waals surface area (Å²) in [5.74, 6) is -0.513. The summed E-state index contributed by atoms with van der Waals surface area (Å²) in [7, 11) is 0. The van der Waals surface area contributed by atoms with E-state index in [2.05, 4.69) is 15.9 Å². The van der Waals surface area contributed by atoms with Crippen molar-refractivity contribution in [2.45, 2.75) is 6.92 Å². The maximum atomic E-state index is 11.9. The van der Waals surface area contributed by atoms with E-state index in [1.165, 1.54) is 24.3 Å². The largest absolute Gasteiger partial charge is 0.480 e. The van der Waals surface area contributed by atoms with E-state index in [0.29, 0.717) is 25.8 Å². The molecule has 132 valence electrons. The highest BCUT2D eigenvalue weighted by Crippen LogP contribution is 2.28. The van der Waals surface area contributed by atoms with Crippen molar-refractivity contribution >= 4 is 51.1 Å². The molecule has 0 bridgehead atoms. The minimum atomic E-state index is -0.629. The average molecular weight is 448 g/mol. The zero-order chi connectivity index (χ0) is 18.4. The maximum absolute atomic E-state index is 11.9. The van der Waals surface area contributed by atoms with Crippen molar-refractivity contribution < 1.29 is 23.8 Å². The minimum Gasteiger partial charge on any atom is -0.480 e. The summed E-state index contributed by atoms with van der Waals surface area (Å²) in [4.78, 5) is 23.6. The molecular formula is C17H13BrCl2O5. The smallest absolute Gasteiger partial charge is 0.349 e. The lowest BCUT2D eigenvalue weighted by Crippen LogP contribution is -2.18. The van der Waals surface area contributed by atoms with Crippen LogP contribution in [0.1, 0.15) is 17.3 Å². The fourth-order valence-corrected chi connectivity index (χ4v) is 2.73. The van der Waals surface area contributed by atoms with Crippen LogP contribution in [0.3, 0.4) is 0 Å². The molecule has 0 unspecified atom stereocenters. The Hall–Kier alpha value is -1.76. The van der Waals surface area contributed by atoms with E-state index in [4.69, 9.17) is 37.4 Å². The summed E-state index contributed by atoms with van der Waals surface area (Å²) in [5, 5.41) is 0.755. The second-order valence-electron chi connectivity index (χ2n) is 4.70. The Bertz CT molecular complexity index is 795. The first kappa shape index (κ1) is 19.6. The summed E-state index contributed by atoms with van der Waals surface area (Å²) in [6, 6.07) is 9.17. The molecule has 0 aliphatic rings. The number of hydrogen-bond acceptors (Lipinski definition) is 5. The second-order valence-corrected chi connectivity index (χ2v) is 6.40. The molecular weight excluding hydrogens is 435 g/mol. The van der Waals surface area contributed by atoms with Gasteiger partial charge in [0.2, 0.25) is 0 Å². The zero-order valence-electron chi connectivity index (χ0n) is 13.1. The van der Waals surface area contributed by atoms with Gasteiger partial charge < -0.3 is 14.2 Å². The van der Waals surface area contributed by atoms with Crippen LogP contribution in [0.5, 0.6) is 11.5 Å². The maximum Gasteiger partial charge on any atom is 0.349 e. The van der Waals surface area contributed by atoms with Crippen molar-refractivity contribution in [1.29, 1.82) is 0 Å². The van der Waals surface area contributed by atoms with Crippen molar-refractivity contribution in [3.63, 3.8) is 0 Å². The molecule has 2 aromatic carbocycles. The van der Waals surface area contributed by atoms with Gasteiger partial charge in [-0.15, -0.1) is 0 Å². The summed E-state index contributed by atoms with van der Waals surface area (Å²) >= 11 is 15.0. The Labute approximate surface area is 162 Å². The molecule has 0 saturated heterocycles. The minimum absolute atomic E-state index is 0.254. The van der Waals surface area contributed by atoms with Gasteiger partial charge in [0.1, 0.15) is 11.5 Å². The Kier molecular flexibility index (Phi) is 7.11. The third kappa shape index (κ3) is 5.63. The van der Waals surface area contributed by atoms with E-state index >= 15 is 0 Å². The molecule has 5 nitrogen and oxygen atoms in total. The molecule has 0 aliphatic heterocycles. The average Bonchev–Trinajstić information content (AvgIpc) is 2.56. The lowest BCUT2D eigenvalue weighted by Gasteiger charge is -2.10. The molecule has 0 fully saturated rings. The van der Waals surface area contributed by atoms with Gasteiger partial charge in [-0.05, 0) is 59.3 Å². The van der Waals surface area contributed by atoms with Crippen LogP contribution in [0.25, 0.3) is 0 Å². The first-order chi connectivity index (χ1) is 11.9. The first-order valence-electron chi connectivity index (χ1n) is 7.16. The SMILES string of the molecule is CCOC(=O)c1ccc(OC(=O)COc2ccc(Cl)cc2Cl)c(Br)c1. The first-order valence-corrected chi connectivity index (χ1v) is 8.70. The standard InChI is InChI=1S/C17H13BrCl2O5/c1-2-23-17(22)10-3-5-14(12(18)7-10)25-16(21)9-24-15-6-4-11(19)8-13(15)20/h3-8H,2,9H2,1H3. The topological polar surface area (TPSA) is 61.8 Å². The molecule has 8 heteroatoms. The van der Waals surface area contributed by atoms with E-state index in [1.54, 1.807) is 19.1 Å².